The van der Waals surface area contributed by atoms with Gasteiger partial charge in [0.15, 0.2) is 0 Å². The second-order valence-electron chi connectivity index (χ2n) is 7.16. The number of benzene rings is 1. The molecule has 2 aromatic heterocycles. The summed E-state index contributed by atoms with van der Waals surface area (Å²) in [5.74, 6) is -0.802. The number of rotatable bonds is 4. The molecule has 0 saturated carbocycles. The van der Waals surface area contributed by atoms with Crippen LogP contribution in [0.1, 0.15) is 11.5 Å². The first-order valence-corrected chi connectivity index (χ1v) is 9.31. The van der Waals surface area contributed by atoms with Gasteiger partial charge in [-0.2, -0.15) is 5.10 Å². The van der Waals surface area contributed by atoms with Crippen molar-refractivity contribution in [1.29, 1.82) is 0 Å². The summed E-state index contributed by atoms with van der Waals surface area (Å²) in [5, 5.41) is 15.1. The lowest BCUT2D eigenvalue weighted by atomic mass is 9.91. The van der Waals surface area contributed by atoms with E-state index in [1.54, 1.807) is 27.9 Å². The van der Waals surface area contributed by atoms with Gasteiger partial charge in [0.2, 0.25) is 5.91 Å². The largest absolute Gasteiger partial charge is 0.391 e. The molecule has 1 amide bonds. The van der Waals surface area contributed by atoms with Crippen molar-refractivity contribution in [1.82, 2.24) is 19.7 Å². The Kier molecular flexibility index (Phi) is 4.98. The van der Waals surface area contributed by atoms with E-state index in [9.17, 15) is 14.3 Å². The fraction of sp³-hybridized carbons (Fsp3) is 0.227. The van der Waals surface area contributed by atoms with E-state index in [0.717, 1.165) is 22.4 Å². The molecule has 0 bridgehead atoms. The summed E-state index contributed by atoms with van der Waals surface area (Å²) >= 11 is 0. The zero-order valence-corrected chi connectivity index (χ0v) is 16.0. The average Bonchev–Trinajstić information content (AvgIpc) is 3.33. The molecular weight excluding hydrogens is 371 g/mol. The van der Waals surface area contributed by atoms with Crippen LogP contribution in [-0.4, -0.2) is 49.9 Å². The van der Waals surface area contributed by atoms with Gasteiger partial charge < -0.3 is 10.0 Å². The van der Waals surface area contributed by atoms with Gasteiger partial charge >= 0.3 is 0 Å². The van der Waals surface area contributed by atoms with Crippen molar-refractivity contribution in [2.24, 2.45) is 7.05 Å². The third-order valence-electron chi connectivity index (χ3n) is 5.24. The van der Waals surface area contributed by atoms with Gasteiger partial charge in [0.1, 0.15) is 5.82 Å². The lowest BCUT2D eigenvalue weighted by Crippen LogP contribution is -2.27. The molecule has 1 fully saturated rings. The van der Waals surface area contributed by atoms with Gasteiger partial charge in [0.05, 0.1) is 17.5 Å². The molecule has 6 nitrogen and oxygen atoms in total. The van der Waals surface area contributed by atoms with Crippen LogP contribution in [0, 0.1) is 5.82 Å². The predicted molar refractivity (Wildman–Crippen MR) is 107 cm³/mol. The van der Waals surface area contributed by atoms with Crippen LogP contribution in [0.25, 0.3) is 22.5 Å². The Morgan fingerprint density at radius 3 is 2.66 bits per heavy atom. The smallest absolute Gasteiger partial charge is 0.246 e. The molecule has 148 valence electrons. The highest BCUT2D eigenvalue weighted by atomic mass is 19.1. The lowest BCUT2D eigenvalue weighted by Gasteiger charge is -2.18. The second kappa shape index (κ2) is 7.60. The minimum atomic E-state index is -0.708. The zero-order valence-electron chi connectivity index (χ0n) is 16.0. The first kappa shape index (κ1) is 19.0. The Morgan fingerprint density at radius 1 is 1.24 bits per heavy atom. The summed E-state index contributed by atoms with van der Waals surface area (Å²) in [4.78, 5) is 18.1. The molecule has 1 saturated heterocycles. The van der Waals surface area contributed by atoms with Crippen LogP contribution in [0.15, 0.2) is 61.4 Å². The molecule has 0 spiro atoms. The van der Waals surface area contributed by atoms with Crippen LogP contribution >= 0.6 is 0 Å². The molecule has 1 N–H and O–H groups in total. The number of aliphatic hydroxyl groups excluding tert-OH is 1. The second-order valence-corrected chi connectivity index (χ2v) is 7.16. The van der Waals surface area contributed by atoms with E-state index >= 15 is 0 Å². The van der Waals surface area contributed by atoms with Crippen LogP contribution in [0.3, 0.4) is 0 Å². The number of nitrogens with zero attached hydrogens (tertiary/aromatic N) is 4. The Labute approximate surface area is 167 Å². The average molecular weight is 392 g/mol. The fourth-order valence-electron chi connectivity index (χ4n) is 3.72. The van der Waals surface area contributed by atoms with Crippen molar-refractivity contribution >= 4 is 5.91 Å². The molecule has 0 radical (unpaired) electrons. The summed E-state index contributed by atoms with van der Waals surface area (Å²) in [5.41, 5.74) is 3.86. The first-order valence-electron chi connectivity index (χ1n) is 9.31. The number of aryl methyl sites for hydroxylation is 1. The number of amides is 1. The SMILES string of the molecule is C=CC(=O)N1CC(O)C(c2cnc(-c3ccc(F)cc3)cc2-c2ccn(C)n2)C1. The third-order valence-corrected chi connectivity index (χ3v) is 5.24. The Balaban J connectivity index is 1.78. The summed E-state index contributed by atoms with van der Waals surface area (Å²) < 4.78 is 15.0. The van der Waals surface area contributed by atoms with E-state index < -0.39 is 6.10 Å². The van der Waals surface area contributed by atoms with Gasteiger partial charge in [0, 0.05) is 49.6 Å². The Bertz CT molecular complexity index is 1060. The summed E-state index contributed by atoms with van der Waals surface area (Å²) in [6, 6.07) is 9.93. The molecule has 29 heavy (non-hydrogen) atoms. The van der Waals surface area contributed by atoms with Gasteiger partial charge in [-0.3, -0.25) is 14.5 Å². The summed E-state index contributed by atoms with van der Waals surface area (Å²) in [6.45, 7) is 4.15. The van der Waals surface area contributed by atoms with Crippen molar-refractivity contribution in [3.05, 3.63) is 72.8 Å². The van der Waals surface area contributed by atoms with Gasteiger partial charge in [-0.25, -0.2) is 4.39 Å². The van der Waals surface area contributed by atoms with E-state index in [1.165, 1.54) is 18.2 Å². The molecule has 0 aliphatic carbocycles. The van der Waals surface area contributed by atoms with Crippen LogP contribution < -0.4 is 0 Å². The normalized spacial score (nSPS) is 18.8. The monoisotopic (exact) mass is 392 g/mol. The number of β-amino-alcohol motifs (C(OH)–C–C–N with tert-alkyl or cyclic N) is 1. The summed E-state index contributed by atoms with van der Waals surface area (Å²) in [6.07, 6.45) is 4.11. The third kappa shape index (κ3) is 3.69. The van der Waals surface area contributed by atoms with Gasteiger partial charge in [0.25, 0.3) is 0 Å². The molecule has 1 aliphatic heterocycles. The molecule has 1 aliphatic rings. The lowest BCUT2D eigenvalue weighted by molar-refractivity contribution is -0.125. The van der Waals surface area contributed by atoms with E-state index in [2.05, 4.69) is 16.7 Å². The molecular formula is C22H21FN4O2. The number of halogens is 1. The maximum absolute atomic E-state index is 13.3. The Hall–Kier alpha value is -3.32. The topological polar surface area (TPSA) is 71.2 Å². The van der Waals surface area contributed by atoms with Crippen molar-refractivity contribution in [3.63, 3.8) is 0 Å². The number of likely N-dealkylation sites (tertiary alicyclic amines) is 1. The van der Waals surface area contributed by atoms with Crippen molar-refractivity contribution in [2.45, 2.75) is 12.0 Å². The van der Waals surface area contributed by atoms with E-state index in [-0.39, 0.29) is 24.2 Å². The molecule has 3 aromatic rings. The number of aromatic nitrogens is 3. The zero-order chi connectivity index (χ0) is 20.5. The number of carbonyl (C=O) groups excluding carboxylic acids is 1. The minimum Gasteiger partial charge on any atom is -0.391 e. The molecule has 4 rings (SSSR count). The standard InChI is InChI=1S/C22H21FN4O2/c1-3-22(29)27-12-18(21(28)13-27)17-11-24-20(14-4-6-15(23)7-5-14)10-16(17)19-8-9-26(2)25-19/h3-11,18,21,28H,1,12-13H2,2H3. The number of aliphatic hydroxyl groups is 1. The van der Waals surface area contributed by atoms with Crippen LogP contribution in [-0.2, 0) is 11.8 Å². The molecule has 1 aromatic carbocycles. The van der Waals surface area contributed by atoms with Crippen molar-refractivity contribution < 1.29 is 14.3 Å². The van der Waals surface area contributed by atoms with Gasteiger partial charge in [-0.05, 0) is 48.0 Å². The molecule has 3 heterocycles. The number of carbonyl (C=O) groups is 1. The highest BCUT2D eigenvalue weighted by Gasteiger charge is 2.36. The number of pyridine rings is 1. The van der Waals surface area contributed by atoms with Crippen LogP contribution in [0.4, 0.5) is 4.39 Å². The predicted octanol–water partition coefficient (Wildman–Crippen LogP) is 2.76. The van der Waals surface area contributed by atoms with E-state index in [4.69, 9.17) is 0 Å². The first-order chi connectivity index (χ1) is 14.0. The minimum absolute atomic E-state index is 0.207. The summed E-state index contributed by atoms with van der Waals surface area (Å²) in [7, 11) is 1.83. The maximum Gasteiger partial charge on any atom is 0.246 e. The van der Waals surface area contributed by atoms with Gasteiger partial charge in [-0.1, -0.05) is 6.58 Å². The number of hydrogen-bond donors (Lipinski definition) is 1. The highest BCUT2D eigenvalue weighted by molar-refractivity contribution is 5.87. The van der Waals surface area contributed by atoms with Crippen LogP contribution in [0.5, 0.6) is 0 Å². The van der Waals surface area contributed by atoms with Crippen LogP contribution in [0.2, 0.25) is 0 Å². The molecule has 2 unspecified atom stereocenters. The molecule has 2 atom stereocenters. The quantitative estimate of drug-likeness (QED) is 0.693. The van der Waals surface area contributed by atoms with Crippen molar-refractivity contribution in [2.75, 3.05) is 13.1 Å². The Morgan fingerprint density at radius 2 is 2.00 bits per heavy atom. The maximum atomic E-state index is 13.3. The van der Waals surface area contributed by atoms with E-state index in [1.807, 2.05) is 25.4 Å². The highest BCUT2D eigenvalue weighted by Crippen LogP contribution is 2.36. The van der Waals surface area contributed by atoms with E-state index in [0.29, 0.717) is 12.2 Å². The fourth-order valence-corrected chi connectivity index (χ4v) is 3.72. The molecule has 7 heteroatoms. The number of hydrogen-bond acceptors (Lipinski definition) is 4. The van der Waals surface area contributed by atoms with Gasteiger partial charge in [-0.15, -0.1) is 0 Å². The van der Waals surface area contributed by atoms with Crippen molar-refractivity contribution in [3.8, 4) is 22.5 Å².